The minimum absolute atomic E-state index is 0.0311. The van der Waals surface area contributed by atoms with Crippen molar-refractivity contribution in [3.8, 4) is 17.1 Å². The Morgan fingerprint density at radius 1 is 1.15 bits per heavy atom. The van der Waals surface area contributed by atoms with Gasteiger partial charge in [-0.3, -0.25) is 0 Å². The first kappa shape index (κ1) is 12.7. The first-order valence-electron chi connectivity index (χ1n) is 6.54. The Balaban J connectivity index is 2.35. The van der Waals surface area contributed by atoms with Gasteiger partial charge in [-0.15, -0.1) is 0 Å². The number of phenols is 1. The van der Waals surface area contributed by atoms with Crippen molar-refractivity contribution < 1.29 is 9.50 Å². The number of hydrogen-bond acceptors (Lipinski definition) is 2. The summed E-state index contributed by atoms with van der Waals surface area (Å²) in [5.41, 5.74) is 2.22. The van der Waals surface area contributed by atoms with Gasteiger partial charge in [0, 0.05) is 6.04 Å². The summed E-state index contributed by atoms with van der Waals surface area (Å²) in [6, 6.07) is 11.8. The van der Waals surface area contributed by atoms with Crippen molar-refractivity contribution in [1.82, 2.24) is 9.55 Å². The number of halogens is 1. The second kappa shape index (κ2) is 4.63. The number of phenolic OH excluding ortho intramolecular Hbond substituents is 1. The molecule has 0 aliphatic carbocycles. The molecule has 0 radical (unpaired) electrons. The SMILES string of the molecule is CC(C)n1c(-c2cc(F)ccc2O)nc2ccccc21. The molecule has 0 amide bonds. The highest BCUT2D eigenvalue weighted by molar-refractivity contribution is 5.82. The summed E-state index contributed by atoms with van der Waals surface area (Å²) in [7, 11) is 0. The molecule has 0 atom stereocenters. The Bertz CT molecular complexity index is 777. The molecule has 1 aromatic heterocycles. The molecule has 0 aliphatic rings. The summed E-state index contributed by atoms with van der Waals surface area (Å²) in [6.07, 6.45) is 0. The number of fused-ring (bicyclic) bond motifs is 1. The number of rotatable bonds is 2. The van der Waals surface area contributed by atoms with Gasteiger partial charge in [0.25, 0.3) is 0 Å². The average molecular weight is 270 g/mol. The van der Waals surface area contributed by atoms with Gasteiger partial charge in [0.05, 0.1) is 16.6 Å². The van der Waals surface area contributed by atoms with Gasteiger partial charge >= 0.3 is 0 Å². The molecule has 0 saturated heterocycles. The predicted octanol–water partition coefficient (Wildman–Crippen LogP) is 4.13. The van der Waals surface area contributed by atoms with Crippen LogP contribution in [0.3, 0.4) is 0 Å². The molecular weight excluding hydrogens is 255 g/mol. The Kier molecular flexibility index (Phi) is 2.93. The molecule has 20 heavy (non-hydrogen) atoms. The third-order valence-corrected chi connectivity index (χ3v) is 3.31. The predicted molar refractivity (Wildman–Crippen MR) is 77.2 cm³/mol. The summed E-state index contributed by atoms with van der Waals surface area (Å²) < 4.78 is 15.5. The maximum atomic E-state index is 13.5. The lowest BCUT2D eigenvalue weighted by molar-refractivity contribution is 0.474. The van der Waals surface area contributed by atoms with Crippen molar-refractivity contribution in [3.05, 3.63) is 48.3 Å². The minimum Gasteiger partial charge on any atom is -0.507 e. The van der Waals surface area contributed by atoms with E-state index in [4.69, 9.17) is 0 Å². The topological polar surface area (TPSA) is 38.0 Å². The third-order valence-electron chi connectivity index (χ3n) is 3.31. The van der Waals surface area contributed by atoms with Gasteiger partial charge in [-0.1, -0.05) is 12.1 Å². The maximum absolute atomic E-state index is 13.5. The van der Waals surface area contributed by atoms with Crippen molar-refractivity contribution in [3.63, 3.8) is 0 Å². The van der Waals surface area contributed by atoms with Gasteiger partial charge in [0.15, 0.2) is 0 Å². The molecule has 4 heteroatoms. The molecule has 1 N–H and O–H groups in total. The van der Waals surface area contributed by atoms with Crippen molar-refractivity contribution >= 4 is 11.0 Å². The quantitative estimate of drug-likeness (QED) is 0.760. The summed E-state index contributed by atoms with van der Waals surface area (Å²) in [5, 5.41) is 10.00. The number of para-hydroxylation sites is 2. The zero-order valence-electron chi connectivity index (χ0n) is 11.3. The standard InChI is InChI=1S/C16H15FN2O/c1-10(2)19-14-6-4-3-5-13(14)18-16(19)12-9-11(17)7-8-15(12)20/h3-10,20H,1-2H3. The largest absolute Gasteiger partial charge is 0.507 e. The maximum Gasteiger partial charge on any atom is 0.145 e. The normalized spacial score (nSPS) is 11.4. The summed E-state index contributed by atoms with van der Waals surface area (Å²) in [5.74, 6) is 0.224. The molecule has 0 saturated carbocycles. The zero-order valence-corrected chi connectivity index (χ0v) is 11.3. The summed E-state index contributed by atoms with van der Waals surface area (Å²) in [4.78, 5) is 4.54. The van der Waals surface area contributed by atoms with Crippen LogP contribution >= 0.6 is 0 Å². The van der Waals surface area contributed by atoms with E-state index in [9.17, 15) is 9.50 Å². The molecule has 0 aliphatic heterocycles. The summed E-state index contributed by atoms with van der Waals surface area (Å²) in [6.45, 7) is 4.07. The Labute approximate surface area is 116 Å². The van der Waals surface area contributed by atoms with E-state index in [0.29, 0.717) is 11.4 Å². The van der Waals surface area contributed by atoms with Gasteiger partial charge < -0.3 is 9.67 Å². The molecule has 0 bridgehead atoms. The molecule has 2 aromatic carbocycles. The van der Waals surface area contributed by atoms with Crippen LogP contribution in [0.25, 0.3) is 22.4 Å². The first-order valence-corrected chi connectivity index (χ1v) is 6.54. The second-order valence-electron chi connectivity index (χ2n) is 5.05. The van der Waals surface area contributed by atoms with E-state index in [-0.39, 0.29) is 17.6 Å². The molecular formula is C16H15FN2O. The van der Waals surface area contributed by atoms with Gasteiger partial charge in [0.1, 0.15) is 17.4 Å². The molecule has 102 valence electrons. The zero-order chi connectivity index (χ0) is 14.3. The lowest BCUT2D eigenvalue weighted by Gasteiger charge is -2.13. The Morgan fingerprint density at radius 2 is 1.90 bits per heavy atom. The molecule has 3 rings (SSSR count). The Morgan fingerprint density at radius 3 is 2.65 bits per heavy atom. The van der Waals surface area contributed by atoms with E-state index >= 15 is 0 Å². The van der Waals surface area contributed by atoms with Gasteiger partial charge in [-0.25, -0.2) is 9.37 Å². The highest BCUT2D eigenvalue weighted by Gasteiger charge is 2.17. The van der Waals surface area contributed by atoms with Crippen molar-refractivity contribution in [1.29, 1.82) is 0 Å². The molecule has 0 unspecified atom stereocenters. The number of aromatic nitrogens is 2. The van der Waals surface area contributed by atoms with E-state index in [1.807, 2.05) is 42.7 Å². The van der Waals surface area contributed by atoms with Crippen LogP contribution < -0.4 is 0 Å². The smallest absolute Gasteiger partial charge is 0.145 e. The first-order chi connectivity index (χ1) is 9.58. The number of benzene rings is 2. The molecule has 0 fully saturated rings. The fourth-order valence-corrected chi connectivity index (χ4v) is 2.44. The van der Waals surface area contributed by atoms with Gasteiger partial charge in [-0.05, 0) is 44.2 Å². The fraction of sp³-hybridized carbons (Fsp3) is 0.188. The van der Waals surface area contributed by atoms with Gasteiger partial charge in [-0.2, -0.15) is 0 Å². The molecule has 1 heterocycles. The van der Waals surface area contributed by atoms with Crippen LogP contribution in [0.1, 0.15) is 19.9 Å². The fourth-order valence-electron chi connectivity index (χ4n) is 2.44. The average Bonchev–Trinajstić information content (AvgIpc) is 2.80. The van der Waals surface area contributed by atoms with E-state index in [1.54, 1.807) is 0 Å². The monoisotopic (exact) mass is 270 g/mol. The number of nitrogens with zero attached hydrogens (tertiary/aromatic N) is 2. The van der Waals surface area contributed by atoms with Crippen molar-refractivity contribution in [2.45, 2.75) is 19.9 Å². The van der Waals surface area contributed by atoms with Gasteiger partial charge in [0.2, 0.25) is 0 Å². The van der Waals surface area contributed by atoms with Crippen LogP contribution in [-0.4, -0.2) is 14.7 Å². The highest BCUT2D eigenvalue weighted by Crippen LogP contribution is 2.33. The highest BCUT2D eigenvalue weighted by atomic mass is 19.1. The summed E-state index contributed by atoms with van der Waals surface area (Å²) >= 11 is 0. The van der Waals surface area contributed by atoms with Crippen LogP contribution in [0.2, 0.25) is 0 Å². The third kappa shape index (κ3) is 1.93. The number of aromatic hydroxyl groups is 1. The molecule has 3 nitrogen and oxygen atoms in total. The minimum atomic E-state index is -0.389. The molecule has 3 aromatic rings. The van der Waals surface area contributed by atoms with E-state index < -0.39 is 0 Å². The van der Waals surface area contributed by atoms with Crippen LogP contribution in [0.4, 0.5) is 4.39 Å². The van der Waals surface area contributed by atoms with Crippen LogP contribution in [-0.2, 0) is 0 Å². The van der Waals surface area contributed by atoms with Crippen LogP contribution in [0.15, 0.2) is 42.5 Å². The van der Waals surface area contributed by atoms with Crippen molar-refractivity contribution in [2.24, 2.45) is 0 Å². The lowest BCUT2D eigenvalue weighted by Crippen LogP contribution is -2.03. The molecule has 0 spiro atoms. The second-order valence-corrected chi connectivity index (χ2v) is 5.05. The van der Waals surface area contributed by atoms with Crippen LogP contribution in [0.5, 0.6) is 5.75 Å². The Hall–Kier alpha value is -2.36. The van der Waals surface area contributed by atoms with E-state index in [1.165, 1.54) is 18.2 Å². The number of hydrogen-bond donors (Lipinski definition) is 1. The lowest BCUT2D eigenvalue weighted by atomic mass is 10.1. The van der Waals surface area contributed by atoms with Crippen molar-refractivity contribution in [2.75, 3.05) is 0 Å². The van der Waals surface area contributed by atoms with E-state index in [2.05, 4.69) is 4.98 Å². The van der Waals surface area contributed by atoms with E-state index in [0.717, 1.165) is 11.0 Å². The van der Waals surface area contributed by atoms with Crippen LogP contribution in [0, 0.1) is 5.82 Å². The number of imidazole rings is 1.